The molecule has 0 aliphatic carbocycles. The lowest BCUT2D eigenvalue weighted by Gasteiger charge is -2.09. The van der Waals surface area contributed by atoms with Gasteiger partial charge in [-0.1, -0.05) is 22.0 Å². The number of hydrogen-bond acceptors (Lipinski definition) is 3. The number of nitrogen functional groups attached to an aromatic ring is 1. The van der Waals surface area contributed by atoms with Crippen molar-refractivity contribution in [2.45, 2.75) is 6.42 Å². The highest BCUT2D eigenvalue weighted by molar-refractivity contribution is 9.09. The summed E-state index contributed by atoms with van der Waals surface area (Å²) in [5.41, 5.74) is 8.67. The molecule has 0 saturated heterocycles. The van der Waals surface area contributed by atoms with Gasteiger partial charge < -0.3 is 16.2 Å². The van der Waals surface area contributed by atoms with Gasteiger partial charge in [-0.15, -0.1) is 0 Å². The average Bonchev–Trinajstić information content (AvgIpc) is 2.17. The van der Waals surface area contributed by atoms with Gasteiger partial charge >= 0.3 is 0 Å². The van der Waals surface area contributed by atoms with Crippen molar-refractivity contribution in [1.82, 2.24) is 0 Å². The van der Waals surface area contributed by atoms with Crippen LogP contribution >= 0.6 is 15.9 Å². The molecule has 0 spiro atoms. The molecule has 78 valence electrons. The normalized spacial score (nSPS) is 10.1. The number of nitrogens with one attached hydrogen (secondary N) is 1. The number of hydrogen-bond donors (Lipinski definition) is 3. The summed E-state index contributed by atoms with van der Waals surface area (Å²) in [6.45, 7) is 0.643. The Kier molecular flexibility index (Phi) is 4.76. The topological polar surface area (TPSA) is 58.3 Å². The van der Waals surface area contributed by atoms with Crippen molar-refractivity contribution in [1.29, 1.82) is 0 Å². The second-order valence-electron chi connectivity index (χ2n) is 3.01. The Morgan fingerprint density at radius 1 is 1.43 bits per heavy atom. The van der Waals surface area contributed by atoms with Crippen molar-refractivity contribution in [2.75, 3.05) is 29.5 Å². The summed E-state index contributed by atoms with van der Waals surface area (Å²) in [6, 6.07) is 5.95. The Morgan fingerprint density at radius 2 is 2.21 bits per heavy atom. The molecule has 0 aliphatic rings. The molecule has 0 amide bonds. The monoisotopic (exact) mass is 258 g/mol. The maximum Gasteiger partial charge on any atom is 0.0604 e. The van der Waals surface area contributed by atoms with Crippen LogP contribution in [-0.2, 0) is 6.42 Å². The summed E-state index contributed by atoms with van der Waals surface area (Å²) in [6.07, 6.45) is 0.977. The minimum atomic E-state index is 0.114. The van der Waals surface area contributed by atoms with Crippen LogP contribution in [0.15, 0.2) is 18.2 Å². The van der Waals surface area contributed by atoms with Crippen LogP contribution in [0.3, 0.4) is 0 Å². The zero-order valence-corrected chi connectivity index (χ0v) is 9.55. The Hall–Kier alpha value is -0.740. The smallest absolute Gasteiger partial charge is 0.0604 e. The lowest BCUT2D eigenvalue weighted by molar-refractivity contribution is 0.311. The molecule has 1 rings (SSSR count). The molecule has 1 aromatic carbocycles. The second kappa shape index (κ2) is 5.88. The third kappa shape index (κ3) is 3.20. The quantitative estimate of drug-likeness (QED) is 0.556. The molecule has 0 aliphatic heterocycles. The van der Waals surface area contributed by atoms with Crippen LogP contribution in [0, 0.1) is 0 Å². The number of anilines is 2. The lowest BCUT2D eigenvalue weighted by Crippen LogP contribution is -2.07. The summed E-state index contributed by atoms with van der Waals surface area (Å²) in [5, 5.41) is 12.6. The predicted octanol–water partition coefficient (Wildman–Crippen LogP) is 1.61. The van der Waals surface area contributed by atoms with Gasteiger partial charge in [-0.3, -0.25) is 0 Å². The van der Waals surface area contributed by atoms with Crippen LogP contribution in [-0.4, -0.2) is 23.6 Å². The number of benzene rings is 1. The molecule has 0 heterocycles. The summed E-state index contributed by atoms with van der Waals surface area (Å²) >= 11 is 3.38. The van der Waals surface area contributed by atoms with E-state index in [-0.39, 0.29) is 6.61 Å². The molecule has 14 heavy (non-hydrogen) atoms. The number of aliphatic hydroxyl groups is 1. The molecular weight excluding hydrogens is 244 g/mol. The number of halogens is 1. The van der Waals surface area contributed by atoms with Gasteiger partial charge in [0.05, 0.1) is 18.0 Å². The number of alkyl halides is 1. The van der Waals surface area contributed by atoms with E-state index in [1.807, 2.05) is 18.2 Å². The average molecular weight is 259 g/mol. The van der Waals surface area contributed by atoms with Crippen LogP contribution in [0.2, 0.25) is 0 Å². The molecule has 4 N–H and O–H groups in total. The first-order chi connectivity index (χ1) is 6.77. The van der Waals surface area contributed by atoms with E-state index in [9.17, 15) is 0 Å². The Balaban J connectivity index is 2.68. The van der Waals surface area contributed by atoms with Gasteiger partial charge in [0.2, 0.25) is 0 Å². The molecule has 0 unspecified atom stereocenters. The first-order valence-corrected chi connectivity index (χ1v) is 5.69. The van der Waals surface area contributed by atoms with E-state index in [0.29, 0.717) is 6.54 Å². The van der Waals surface area contributed by atoms with E-state index >= 15 is 0 Å². The largest absolute Gasteiger partial charge is 0.397 e. The highest BCUT2D eigenvalue weighted by Gasteiger charge is 1.99. The Morgan fingerprint density at radius 3 is 2.79 bits per heavy atom. The molecule has 4 heteroatoms. The van der Waals surface area contributed by atoms with Crippen molar-refractivity contribution >= 4 is 27.3 Å². The van der Waals surface area contributed by atoms with E-state index in [1.54, 1.807) is 0 Å². The molecule has 1 aromatic rings. The van der Waals surface area contributed by atoms with Gasteiger partial charge in [0.15, 0.2) is 0 Å². The third-order valence-electron chi connectivity index (χ3n) is 1.93. The fourth-order valence-electron chi connectivity index (χ4n) is 1.23. The van der Waals surface area contributed by atoms with Crippen LogP contribution in [0.5, 0.6) is 0 Å². The second-order valence-corrected chi connectivity index (χ2v) is 3.80. The zero-order valence-electron chi connectivity index (χ0n) is 7.96. The summed E-state index contributed by atoms with van der Waals surface area (Å²) in [4.78, 5) is 0. The Bertz CT molecular complexity index is 291. The summed E-state index contributed by atoms with van der Waals surface area (Å²) in [5.74, 6) is 0. The first-order valence-electron chi connectivity index (χ1n) is 4.57. The molecule has 3 nitrogen and oxygen atoms in total. The SMILES string of the molecule is Nc1cc(CCBr)ccc1NCCO. The van der Waals surface area contributed by atoms with Gasteiger partial charge in [-0.25, -0.2) is 0 Å². The number of aryl methyl sites for hydroxylation is 1. The van der Waals surface area contributed by atoms with Crippen LogP contribution in [0.4, 0.5) is 11.4 Å². The number of aliphatic hydroxyl groups excluding tert-OH is 1. The van der Waals surface area contributed by atoms with Gasteiger partial charge in [0.1, 0.15) is 0 Å². The van der Waals surface area contributed by atoms with Crippen molar-refractivity contribution in [3.8, 4) is 0 Å². The van der Waals surface area contributed by atoms with E-state index in [4.69, 9.17) is 10.8 Å². The summed E-state index contributed by atoms with van der Waals surface area (Å²) < 4.78 is 0. The maximum absolute atomic E-state index is 8.65. The number of rotatable bonds is 5. The van der Waals surface area contributed by atoms with Crippen molar-refractivity contribution in [3.05, 3.63) is 23.8 Å². The molecule has 0 bridgehead atoms. The first kappa shape index (κ1) is 11.3. The van der Waals surface area contributed by atoms with Crippen molar-refractivity contribution in [2.24, 2.45) is 0 Å². The van der Waals surface area contributed by atoms with Gasteiger partial charge in [-0.2, -0.15) is 0 Å². The molecule has 0 saturated carbocycles. The predicted molar refractivity (Wildman–Crippen MR) is 63.9 cm³/mol. The van der Waals surface area contributed by atoms with Gasteiger partial charge in [0.25, 0.3) is 0 Å². The van der Waals surface area contributed by atoms with Crippen molar-refractivity contribution < 1.29 is 5.11 Å². The minimum Gasteiger partial charge on any atom is -0.397 e. The molecule has 0 atom stereocenters. The fourth-order valence-corrected chi connectivity index (χ4v) is 1.69. The van der Waals surface area contributed by atoms with E-state index in [2.05, 4.69) is 21.2 Å². The van der Waals surface area contributed by atoms with Crippen LogP contribution in [0.1, 0.15) is 5.56 Å². The zero-order chi connectivity index (χ0) is 10.4. The molecular formula is C10H15BrN2O. The third-order valence-corrected chi connectivity index (χ3v) is 2.32. The molecule has 0 radical (unpaired) electrons. The Labute approximate surface area is 92.4 Å². The van der Waals surface area contributed by atoms with E-state index < -0.39 is 0 Å². The maximum atomic E-state index is 8.65. The van der Waals surface area contributed by atoms with Crippen LogP contribution in [0.25, 0.3) is 0 Å². The van der Waals surface area contributed by atoms with Gasteiger partial charge in [-0.05, 0) is 24.1 Å². The molecule has 0 aromatic heterocycles. The highest BCUT2D eigenvalue weighted by Crippen LogP contribution is 2.20. The fraction of sp³-hybridized carbons (Fsp3) is 0.400. The molecule has 0 fully saturated rings. The van der Waals surface area contributed by atoms with Gasteiger partial charge in [0, 0.05) is 11.9 Å². The lowest BCUT2D eigenvalue weighted by atomic mass is 10.1. The minimum absolute atomic E-state index is 0.114. The van der Waals surface area contributed by atoms with E-state index in [1.165, 1.54) is 5.56 Å². The van der Waals surface area contributed by atoms with Crippen molar-refractivity contribution in [3.63, 3.8) is 0 Å². The van der Waals surface area contributed by atoms with Crippen LogP contribution < -0.4 is 11.1 Å². The number of nitrogens with two attached hydrogens (primary N) is 1. The standard InChI is InChI=1S/C10H15BrN2O/c11-4-3-8-1-2-10(9(12)7-8)13-5-6-14/h1-2,7,13-14H,3-6,12H2. The van der Waals surface area contributed by atoms with E-state index in [0.717, 1.165) is 23.1 Å². The summed E-state index contributed by atoms with van der Waals surface area (Å²) in [7, 11) is 0. The highest BCUT2D eigenvalue weighted by atomic mass is 79.9.